The molecule has 0 amide bonds. The van der Waals surface area contributed by atoms with E-state index in [1.165, 1.54) is 0 Å². The van der Waals surface area contributed by atoms with Gasteiger partial charge in [-0.2, -0.15) is 0 Å². The first kappa shape index (κ1) is 23.6. The Balaban J connectivity index is 1.76. The Kier molecular flexibility index (Phi) is 6.47. The molecule has 180 valence electrons. The third-order valence-electron chi connectivity index (χ3n) is 7.80. The number of carbonyl (C=O) groups is 1. The lowest BCUT2D eigenvalue weighted by atomic mass is 9.54. The Hall–Kier alpha value is -4.11. The zero-order valence-corrected chi connectivity index (χ0v) is 20.4. The second-order valence-electron chi connectivity index (χ2n) is 9.97. The first-order chi connectivity index (χ1) is 17.5. The van der Waals surface area contributed by atoms with Crippen LogP contribution < -0.4 is 11.5 Å². The molecule has 0 spiro atoms. The zero-order chi connectivity index (χ0) is 25.0. The van der Waals surface area contributed by atoms with Gasteiger partial charge in [0.15, 0.2) is 5.78 Å². The predicted octanol–water partition coefficient (Wildman–Crippen LogP) is 5.64. The molecular weight excluding hydrogens is 440 g/mol. The molecule has 1 aliphatic rings. The van der Waals surface area contributed by atoms with Gasteiger partial charge in [-0.15, -0.1) is 0 Å². The molecule has 0 saturated heterocycles. The van der Waals surface area contributed by atoms with Crippen molar-refractivity contribution in [1.82, 2.24) is 0 Å². The highest BCUT2D eigenvalue weighted by molar-refractivity contribution is 6.04. The van der Waals surface area contributed by atoms with Crippen LogP contribution in [0.5, 0.6) is 0 Å². The van der Waals surface area contributed by atoms with Crippen LogP contribution in [0.15, 0.2) is 133 Å². The van der Waals surface area contributed by atoms with Gasteiger partial charge in [-0.25, -0.2) is 0 Å². The molecule has 0 saturated carbocycles. The summed E-state index contributed by atoms with van der Waals surface area (Å²) in [5, 5.41) is 0. The molecule has 0 aromatic heterocycles. The number of carbonyl (C=O) groups excluding carboxylic acids is 1. The second kappa shape index (κ2) is 9.87. The van der Waals surface area contributed by atoms with Gasteiger partial charge in [0.1, 0.15) is 0 Å². The van der Waals surface area contributed by atoms with Crippen molar-refractivity contribution < 1.29 is 4.79 Å². The Labute approximate surface area is 213 Å². The molecule has 0 radical (unpaired) electrons. The van der Waals surface area contributed by atoms with E-state index in [4.69, 9.17) is 11.5 Å². The number of nitrogens with two attached hydrogens (primary N) is 2. The minimum Gasteiger partial charge on any atom is -0.400 e. The summed E-state index contributed by atoms with van der Waals surface area (Å²) in [4.78, 5) is 14.4. The van der Waals surface area contributed by atoms with E-state index in [9.17, 15) is 4.79 Å². The molecule has 3 heteroatoms. The summed E-state index contributed by atoms with van der Waals surface area (Å²) in [5.74, 6) is -0.0421. The van der Waals surface area contributed by atoms with Crippen molar-refractivity contribution >= 4 is 5.78 Å². The quantitative estimate of drug-likeness (QED) is 0.349. The summed E-state index contributed by atoms with van der Waals surface area (Å²) in [5.41, 5.74) is 17.3. The van der Waals surface area contributed by atoms with Gasteiger partial charge in [-0.3, -0.25) is 4.79 Å². The van der Waals surface area contributed by atoms with Crippen LogP contribution in [0.4, 0.5) is 0 Å². The summed E-state index contributed by atoms with van der Waals surface area (Å²) in [6.07, 6.45) is 2.37. The summed E-state index contributed by atoms with van der Waals surface area (Å²) in [6, 6.07) is 41.2. The maximum Gasteiger partial charge on any atom is 0.188 e. The lowest BCUT2D eigenvalue weighted by Gasteiger charge is -2.47. The van der Waals surface area contributed by atoms with Crippen molar-refractivity contribution in [2.24, 2.45) is 22.3 Å². The smallest absolute Gasteiger partial charge is 0.188 e. The van der Waals surface area contributed by atoms with E-state index in [-0.39, 0.29) is 11.5 Å². The predicted molar refractivity (Wildman–Crippen MR) is 146 cm³/mol. The van der Waals surface area contributed by atoms with Gasteiger partial charge in [0, 0.05) is 11.1 Å². The molecule has 0 fully saturated rings. The maximum absolute atomic E-state index is 14.4. The zero-order valence-electron chi connectivity index (χ0n) is 20.4. The first-order valence-corrected chi connectivity index (χ1v) is 12.5. The first-order valence-electron chi connectivity index (χ1n) is 12.5. The van der Waals surface area contributed by atoms with E-state index in [0.29, 0.717) is 31.4 Å². The highest BCUT2D eigenvalue weighted by Crippen LogP contribution is 2.58. The van der Waals surface area contributed by atoms with Crippen LogP contribution >= 0.6 is 0 Å². The van der Waals surface area contributed by atoms with E-state index in [1.807, 2.05) is 72.8 Å². The summed E-state index contributed by atoms with van der Waals surface area (Å²) >= 11 is 0. The van der Waals surface area contributed by atoms with Crippen molar-refractivity contribution in [2.75, 3.05) is 0 Å². The number of allylic oxidation sites excluding steroid dienone is 2. The molecule has 5 rings (SSSR count). The lowest BCUT2D eigenvalue weighted by Crippen LogP contribution is -2.51. The largest absolute Gasteiger partial charge is 0.400 e. The molecule has 0 atom stereocenters. The molecule has 4 aromatic carbocycles. The molecular formula is C33H32N2O. The Morgan fingerprint density at radius 2 is 0.722 bits per heavy atom. The summed E-state index contributed by atoms with van der Waals surface area (Å²) in [6.45, 7) is 0. The number of benzene rings is 4. The van der Waals surface area contributed by atoms with Gasteiger partial charge in [-0.05, 0) is 47.9 Å². The van der Waals surface area contributed by atoms with Crippen LogP contribution in [0.2, 0.25) is 0 Å². The molecule has 0 unspecified atom stereocenters. The van der Waals surface area contributed by atoms with Gasteiger partial charge < -0.3 is 11.5 Å². The van der Waals surface area contributed by atoms with Crippen LogP contribution in [0.25, 0.3) is 0 Å². The van der Waals surface area contributed by atoms with Gasteiger partial charge in [0.25, 0.3) is 0 Å². The molecule has 0 heterocycles. The van der Waals surface area contributed by atoms with Gasteiger partial charge in [-0.1, -0.05) is 121 Å². The van der Waals surface area contributed by atoms with Crippen LogP contribution in [0.3, 0.4) is 0 Å². The monoisotopic (exact) mass is 472 g/mol. The molecule has 36 heavy (non-hydrogen) atoms. The van der Waals surface area contributed by atoms with E-state index in [0.717, 1.165) is 22.3 Å². The second-order valence-corrected chi connectivity index (χ2v) is 9.97. The molecule has 0 bridgehead atoms. The van der Waals surface area contributed by atoms with Crippen molar-refractivity contribution in [1.29, 1.82) is 0 Å². The van der Waals surface area contributed by atoms with E-state index in [1.54, 1.807) is 0 Å². The van der Waals surface area contributed by atoms with Crippen LogP contribution in [-0.4, -0.2) is 5.78 Å². The Morgan fingerprint density at radius 1 is 0.444 bits per heavy atom. The number of rotatable bonds is 8. The number of hydrogen-bond donors (Lipinski definition) is 2. The lowest BCUT2D eigenvalue weighted by molar-refractivity contribution is -0.129. The molecule has 4 aromatic rings. The van der Waals surface area contributed by atoms with Crippen LogP contribution in [0, 0.1) is 10.8 Å². The standard InChI is InChI=1S/C33H32N2O/c34-29-30(35)32(21-25-13-5-1-6-14-25,22-26-15-7-2-8-16-26)33(31(29)36,23-27-17-9-3-10-18-27)24-28-19-11-4-12-20-28/h1-20H,21-24,34-35H2. The summed E-state index contributed by atoms with van der Waals surface area (Å²) < 4.78 is 0. The topological polar surface area (TPSA) is 69.1 Å². The Bertz CT molecular complexity index is 1260. The van der Waals surface area contributed by atoms with E-state index in [2.05, 4.69) is 48.5 Å². The van der Waals surface area contributed by atoms with E-state index < -0.39 is 10.8 Å². The van der Waals surface area contributed by atoms with Crippen LogP contribution in [-0.2, 0) is 30.5 Å². The molecule has 4 N–H and O–H groups in total. The normalized spacial score (nSPS) is 16.3. The van der Waals surface area contributed by atoms with Gasteiger partial charge in [0.2, 0.25) is 0 Å². The van der Waals surface area contributed by atoms with Crippen molar-refractivity contribution in [3.63, 3.8) is 0 Å². The van der Waals surface area contributed by atoms with Gasteiger partial charge >= 0.3 is 0 Å². The third-order valence-corrected chi connectivity index (χ3v) is 7.80. The average molecular weight is 473 g/mol. The highest BCUT2D eigenvalue weighted by atomic mass is 16.1. The minimum atomic E-state index is -0.838. The average Bonchev–Trinajstić information content (AvgIpc) is 3.05. The van der Waals surface area contributed by atoms with Crippen molar-refractivity contribution in [3.05, 3.63) is 155 Å². The minimum absolute atomic E-state index is 0.0421. The number of Topliss-reactive ketones (excluding diaryl/α,β-unsaturated/α-hetero) is 1. The maximum atomic E-state index is 14.4. The van der Waals surface area contributed by atoms with Crippen molar-refractivity contribution in [3.8, 4) is 0 Å². The van der Waals surface area contributed by atoms with Gasteiger partial charge in [0.05, 0.1) is 11.1 Å². The van der Waals surface area contributed by atoms with E-state index >= 15 is 0 Å². The SMILES string of the molecule is NC1=C(N)C(Cc2ccccc2)(Cc2ccccc2)C(Cc2ccccc2)(Cc2ccccc2)C1=O. The number of ketones is 1. The number of hydrogen-bond acceptors (Lipinski definition) is 3. The van der Waals surface area contributed by atoms with Crippen LogP contribution in [0.1, 0.15) is 22.3 Å². The fourth-order valence-corrected chi connectivity index (χ4v) is 6.04. The molecule has 1 aliphatic carbocycles. The fourth-order valence-electron chi connectivity index (χ4n) is 6.04. The Morgan fingerprint density at radius 3 is 1.03 bits per heavy atom. The third kappa shape index (κ3) is 4.22. The molecule has 0 aliphatic heterocycles. The molecule has 3 nitrogen and oxygen atoms in total. The van der Waals surface area contributed by atoms with Crippen molar-refractivity contribution in [2.45, 2.75) is 25.7 Å². The highest BCUT2D eigenvalue weighted by Gasteiger charge is 2.62. The summed E-state index contributed by atoms with van der Waals surface area (Å²) in [7, 11) is 0. The fraction of sp³-hybridized carbons (Fsp3) is 0.182.